The van der Waals surface area contributed by atoms with Gasteiger partial charge in [-0.15, -0.1) is 0 Å². The molecule has 3 rings (SSSR count). The molecule has 0 spiro atoms. The number of likely N-dealkylation sites (N-methyl/N-ethyl adjacent to an activating group) is 1. The Hall–Kier alpha value is -3.52. The quantitative estimate of drug-likeness (QED) is 0.216. The lowest BCUT2D eigenvalue weighted by molar-refractivity contribution is -0.140. The Balaban J connectivity index is 2.13. The molecule has 1 atom stereocenters. The Morgan fingerprint density at radius 1 is 1.03 bits per heavy atom. The number of aliphatic hydroxyl groups is 1. The number of ether oxygens (including phenoxy) is 3. The smallest absolute Gasteiger partial charge is 0.295 e. The van der Waals surface area contributed by atoms with E-state index in [1.807, 2.05) is 32.0 Å². The highest BCUT2D eigenvalue weighted by Gasteiger charge is 2.46. The molecule has 8 nitrogen and oxygen atoms in total. The summed E-state index contributed by atoms with van der Waals surface area (Å²) in [7, 11) is 6.92. The van der Waals surface area contributed by atoms with Crippen LogP contribution in [0.4, 0.5) is 0 Å². The molecule has 0 radical (unpaired) electrons. The zero-order valence-corrected chi connectivity index (χ0v) is 22.0. The van der Waals surface area contributed by atoms with Crippen molar-refractivity contribution >= 4 is 17.4 Å². The van der Waals surface area contributed by atoms with E-state index in [2.05, 4.69) is 6.92 Å². The van der Waals surface area contributed by atoms with Crippen molar-refractivity contribution < 1.29 is 28.9 Å². The number of ketones is 1. The predicted octanol–water partition coefficient (Wildman–Crippen LogP) is 4.17. The molecule has 1 saturated heterocycles. The van der Waals surface area contributed by atoms with Crippen LogP contribution in [-0.2, 0) is 9.59 Å². The molecule has 0 bridgehead atoms. The van der Waals surface area contributed by atoms with E-state index < -0.39 is 17.7 Å². The van der Waals surface area contributed by atoms with E-state index in [1.54, 1.807) is 44.6 Å². The van der Waals surface area contributed by atoms with E-state index in [0.717, 1.165) is 18.4 Å². The molecule has 1 aliphatic rings. The summed E-state index contributed by atoms with van der Waals surface area (Å²) < 4.78 is 16.8. The lowest BCUT2D eigenvalue weighted by Gasteiger charge is -2.27. The van der Waals surface area contributed by atoms with E-state index in [4.69, 9.17) is 14.2 Å². The number of rotatable bonds is 11. The molecule has 194 valence electrons. The predicted molar refractivity (Wildman–Crippen MR) is 139 cm³/mol. The van der Waals surface area contributed by atoms with E-state index in [1.165, 1.54) is 4.90 Å². The van der Waals surface area contributed by atoms with Crippen molar-refractivity contribution in [2.24, 2.45) is 0 Å². The van der Waals surface area contributed by atoms with Crippen LogP contribution in [0.2, 0.25) is 0 Å². The minimum absolute atomic E-state index is 0.0463. The van der Waals surface area contributed by atoms with Gasteiger partial charge in [0.15, 0.2) is 11.5 Å². The normalized spacial score (nSPS) is 17.1. The highest BCUT2D eigenvalue weighted by molar-refractivity contribution is 6.46. The lowest BCUT2D eigenvalue weighted by atomic mass is 9.94. The van der Waals surface area contributed by atoms with Crippen molar-refractivity contribution in [3.8, 4) is 17.2 Å². The minimum Gasteiger partial charge on any atom is -0.507 e. The first-order valence-corrected chi connectivity index (χ1v) is 12.1. The lowest BCUT2D eigenvalue weighted by Crippen LogP contribution is -2.35. The zero-order chi connectivity index (χ0) is 26.4. The third-order valence-corrected chi connectivity index (χ3v) is 6.26. The summed E-state index contributed by atoms with van der Waals surface area (Å²) >= 11 is 0. The third-order valence-electron chi connectivity index (χ3n) is 6.26. The van der Waals surface area contributed by atoms with Gasteiger partial charge in [-0.05, 0) is 68.9 Å². The second-order valence-corrected chi connectivity index (χ2v) is 9.09. The highest BCUT2D eigenvalue weighted by Crippen LogP contribution is 2.42. The number of aliphatic hydroxyl groups excluding tert-OH is 1. The summed E-state index contributed by atoms with van der Waals surface area (Å²) in [5.41, 5.74) is 1.94. The van der Waals surface area contributed by atoms with Crippen LogP contribution < -0.4 is 14.2 Å². The number of Topliss-reactive ketones (excluding diaryl/α,β-unsaturated/α-hetero) is 1. The van der Waals surface area contributed by atoms with Gasteiger partial charge >= 0.3 is 0 Å². The van der Waals surface area contributed by atoms with E-state index in [-0.39, 0.29) is 11.3 Å². The van der Waals surface area contributed by atoms with Gasteiger partial charge in [0.2, 0.25) is 0 Å². The zero-order valence-electron chi connectivity index (χ0n) is 22.0. The molecule has 0 aliphatic carbocycles. The van der Waals surface area contributed by atoms with Crippen molar-refractivity contribution in [2.45, 2.75) is 32.7 Å². The Kier molecular flexibility index (Phi) is 8.98. The number of carbonyl (C=O) groups is 2. The van der Waals surface area contributed by atoms with Gasteiger partial charge < -0.3 is 29.1 Å². The molecule has 1 N–H and O–H groups in total. The number of benzene rings is 2. The molecule has 0 saturated carbocycles. The standard InChI is InChI=1S/C28H36N2O6/c1-7-8-15-36-22-12-9-19(17-23(22)35-6)25-24(27(32)28(33)30(25)14-13-29(3)4)26(31)20-10-11-21(34-5)18(2)16-20/h9-12,16-17,25,31H,7-8,13-15H2,1-6H3. The largest absolute Gasteiger partial charge is 0.507 e. The van der Waals surface area contributed by atoms with Crippen LogP contribution in [0.25, 0.3) is 5.76 Å². The summed E-state index contributed by atoms with van der Waals surface area (Å²) in [6.07, 6.45) is 1.92. The molecule has 1 amide bonds. The van der Waals surface area contributed by atoms with Gasteiger partial charge in [0.25, 0.3) is 11.7 Å². The maximum absolute atomic E-state index is 13.3. The molecule has 36 heavy (non-hydrogen) atoms. The van der Waals surface area contributed by atoms with Crippen LogP contribution in [0.3, 0.4) is 0 Å². The van der Waals surface area contributed by atoms with Crippen LogP contribution in [0.5, 0.6) is 17.2 Å². The van der Waals surface area contributed by atoms with E-state index in [0.29, 0.717) is 48.1 Å². The van der Waals surface area contributed by atoms with Crippen molar-refractivity contribution in [3.63, 3.8) is 0 Å². The summed E-state index contributed by atoms with van der Waals surface area (Å²) in [5.74, 6) is 0.173. The first kappa shape index (κ1) is 27.1. The average molecular weight is 497 g/mol. The topological polar surface area (TPSA) is 88.5 Å². The maximum atomic E-state index is 13.3. The molecule has 1 aliphatic heterocycles. The highest BCUT2D eigenvalue weighted by atomic mass is 16.5. The van der Waals surface area contributed by atoms with Crippen molar-refractivity contribution in [2.75, 3.05) is 48.0 Å². The second kappa shape index (κ2) is 11.9. The Morgan fingerprint density at radius 2 is 1.72 bits per heavy atom. The Bertz CT molecular complexity index is 1140. The van der Waals surface area contributed by atoms with Gasteiger partial charge in [-0.3, -0.25) is 9.59 Å². The van der Waals surface area contributed by atoms with Gasteiger partial charge in [0.05, 0.1) is 32.4 Å². The SMILES string of the molecule is CCCCOc1ccc(C2C(=C(O)c3ccc(OC)c(C)c3)C(=O)C(=O)N2CCN(C)C)cc1OC. The van der Waals surface area contributed by atoms with Crippen LogP contribution in [-0.4, -0.2) is 74.6 Å². The fourth-order valence-electron chi connectivity index (χ4n) is 4.25. The van der Waals surface area contributed by atoms with E-state index in [9.17, 15) is 14.7 Å². The summed E-state index contributed by atoms with van der Waals surface area (Å²) in [6.45, 7) is 5.37. The molecular weight excluding hydrogens is 460 g/mol. The van der Waals surface area contributed by atoms with Crippen LogP contribution >= 0.6 is 0 Å². The molecule has 1 unspecified atom stereocenters. The van der Waals surface area contributed by atoms with Crippen LogP contribution in [0.1, 0.15) is 42.5 Å². The Morgan fingerprint density at radius 3 is 2.33 bits per heavy atom. The number of hydrogen-bond acceptors (Lipinski definition) is 7. The fourth-order valence-corrected chi connectivity index (χ4v) is 4.25. The number of nitrogens with zero attached hydrogens (tertiary/aromatic N) is 2. The van der Waals surface area contributed by atoms with Gasteiger partial charge in [-0.2, -0.15) is 0 Å². The molecule has 2 aromatic rings. The van der Waals surface area contributed by atoms with Gasteiger partial charge in [0, 0.05) is 18.7 Å². The molecule has 1 fully saturated rings. The Labute approximate surface area is 213 Å². The first-order valence-electron chi connectivity index (χ1n) is 12.1. The van der Waals surface area contributed by atoms with Crippen molar-refractivity contribution in [1.29, 1.82) is 0 Å². The second-order valence-electron chi connectivity index (χ2n) is 9.09. The minimum atomic E-state index is -0.772. The third kappa shape index (κ3) is 5.65. The van der Waals surface area contributed by atoms with Crippen molar-refractivity contribution in [3.05, 3.63) is 58.7 Å². The number of unbranched alkanes of at least 4 members (excludes halogenated alkanes) is 1. The number of amides is 1. The number of carbonyl (C=O) groups excluding carboxylic acids is 2. The molecule has 2 aromatic carbocycles. The summed E-state index contributed by atoms with van der Waals surface area (Å²) in [6, 6.07) is 9.75. The van der Waals surface area contributed by atoms with Crippen LogP contribution in [0.15, 0.2) is 42.0 Å². The maximum Gasteiger partial charge on any atom is 0.295 e. The van der Waals surface area contributed by atoms with Gasteiger partial charge in [-0.1, -0.05) is 19.4 Å². The number of likely N-dealkylation sites (tertiary alicyclic amines) is 1. The van der Waals surface area contributed by atoms with Gasteiger partial charge in [-0.25, -0.2) is 0 Å². The molecular formula is C28H36N2O6. The summed E-state index contributed by atoms with van der Waals surface area (Å²) in [5, 5.41) is 11.3. The molecule has 1 heterocycles. The number of aryl methyl sites for hydroxylation is 1. The number of hydrogen-bond donors (Lipinski definition) is 1. The number of methoxy groups -OCH3 is 2. The monoisotopic (exact) mass is 496 g/mol. The first-order chi connectivity index (χ1) is 17.2. The van der Waals surface area contributed by atoms with Crippen molar-refractivity contribution in [1.82, 2.24) is 9.80 Å². The fraction of sp³-hybridized carbons (Fsp3) is 0.429. The molecule has 0 aromatic heterocycles. The van der Waals surface area contributed by atoms with Gasteiger partial charge in [0.1, 0.15) is 11.5 Å². The summed E-state index contributed by atoms with van der Waals surface area (Å²) in [4.78, 5) is 29.9. The van der Waals surface area contributed by atoms with Crippen LogP contribution in [0, 0.1) is 6.92 Å². The average Bonchev–Trinajstić information content (AvgIpc) is 3.12. The van der Waals surface area contributed by atoms with E-state index >= 15 is 0 Å². The molecule has 8 heteroatoms.